The molecule has 1 aliphatic heterocycles. The van der Waals surface area contributed by atoms with E-state index in [9.17, 15) is 18.4 Å². The number of halogens is 4. The number of thiophene rings is 1. The summed E-state index contributed by atoms with van der Waals surface area (Å²) < 4.78 is 26.1. The van der Waals surface area contributed by atoms with Gasteiger partial charge in [0, 0.05) is 31.4 Å². The molecule has 1 aromatic carbocycles. The molecule has 1 atom stereocenters. The highest BCUT2D eigenvalue weighted by Gasteiger charge is 2.40. The van der Waals surface area contributed by atoms with Crippen molar-refractivity contribution in [1.29, 1.82) is 0 Å². The Morgan fingerprint density at radius 3 is 2.61 bits per heavy atom. The minimum absolute atomic E-state index is 0.0229. The van der Waals surface area contributed by atoms with Crippen LogP contribution in [0.25, 0.3) is 0 Å². The highest BCUT2D eigenvalue weighted by atomic mass is 35.5. The van der Waals surface area contributed by atoms with Gasteiger partial charge in [-0.1, -0.05) is 28.4 Å². The first kappa shape index (κ1) is 24.1. The second kappa shape index (κ2) is 9.68. The average molecular weight is 515 g/mol. The molecule has 1 unspecified atom stereocenters. The third-order valence-corrected chi connectivity index (χ3v) is 7.85. The number of carbonyl (C=O) groups is 2. The average Bonchev–Trinajstić information content (AvgIpc) is 3.49. The Balaban J connectivity index is 1.54. The van der Waals surface area contributed by atoms with E-state index in [1.807, 2.05) is 6.92 Å². The van der Waals surface area contributed by atoms with Crippen molar-refractivity contribution in [2.24, 2.45) is 5.16 Å². The minimum Gasteiger partial charge on any atom is -0.384 e. The van der Waals surface area contributed by atoms with Crippen LogP contribution >= 0.6 is 34.5 Å². The van der Waals surface area contributed by atoms with Gasteiger partial charge >= 0.3 is 0 Å². The van der Waals surface area contributed by atoms with E-state index in [1.165, 1.54) is 23.5 Å². The fourth-order valence-electron chi connectivity index (χ4n) is 4.22. The third-order valence-electron chi connectivity index (χ3n) is 5.94. The molecule has 0 radical (unpaired) electrons. The largest absolute Gasteiger partial charge is 0.384 e. The number of Topliss-reactive ketones (excluding diaryl/α,β-unsaturated/α-hetero) is 1. The van der Waals surface area contributed by atoms with E-state index in [4.69, 9.17) is 28.0 Å². The molecule has 10 heteroatoms. The molecule has 2 aliphatic rings. The molecule has 0 spiro atoms. The van der Waals surface area contributed by atoms with Crippen molar-refractivity contribution < 1.29 is 23.2 Å². The molecule has 33 heavy (non-hydrogen) atoms. The summed E-state index contributed by atoms with van der Waals surface area (Å²) in [7, 11) is 0. The van der Waals surface area contributed by atoms with Gasteiger partial charge < -0.3 is 10.2 Å². The van der Waals surface area contributed by atoms with Gasteiger partial charge in [-0.05, 0) is 49.4 Å². The van der Waals surface area contributed by atoms with Crippen molar-refractivity contribution in [1.82, 2.24) is 5.32 Å². The van der Waals surface area contributed by atoms with Gasteiger partial charge in [0.25, 0.3) is 0 Å². The van der Waals surface area contributed by atoms with Crippen molar-refractivity contribution >= 4 is 51.9 Å². The molecular formula is C23H22Cl2F2N2O3S. The molecule has 0 bridgehead atoms. The van der Waals surface area contributed by atoms with Crippen molar-refractivity contribution in [2.75, 3.05) is 13.2 Å². The smallest absolute Gasteiger partial charge is 0.220 e. The Hall–Kier alpha value is -2.03. The van der Waals surface area contributed by atoms with Crippen LogP contribution in [-0.2, 0) is 28.1 Å². The van der Waals surface area contributed by atoms with Crippen molar-refractivity contribution in [3.8, 4) is 0 Å². The SMILES string of the molecule is CC1(c2cc(Cl)c(F)c(Cl)c2)CC(c2sc(C(=O)CCC(=O)NCCF)c3c2CCC3)=NO1. The van der Waals surface area contributed by atoms with Gasteiger partial charge in [-0.15, -0.1) is 11.3 Å². The number of nitrogens with zero attached hydrogens (tertiary/aromatic N) is 1. The predicted octanol–water partition coefficient (Wildman–Crippen LogP) is 5.77. The first-order valence-corrected chi connectivity index (χ1v) is 12.2. The van der Waals surface area contributed by atoms with Crippen molar-refractivity contribution in [3.63, 3.8) is 0 Å². The number of carbonyl (C=O) groups excluding carboxylic acids is 2. The maximum atomic E-state index is 13.9. The van der Waals surface area contributed by atoms with Gasteiger partial charge in [-0.25, -0.2) is 8.78 Å². The van der Waals surface area contributed by atoms with E-state index >= 15 is 0 Å². The zero-order chi connectivity index (χ0) is 23.8. The number of fused-ring (bicyclic) bond motifs is 1. The zero-order valence-electron chi connectivity index (χ0n) is 17.9. The molecular weight excluding hydrogens is 493 g/mol. The van der Waals surface area contributed by atoms with Crippen LogP contribution in [0.1, 0.15) is 63.8 Å². The number of alkyl halides is 1. The first-order valence-electron chi connectivity index (χ1n) is 10.6. The molecule has 5 nitrogen and oxygen atoms in total. The third kappa shape index (κ3) is 4.79. The molecule has 1 amide bonds. The monoisotopic (exact) mass is 514 g/mol. The second-order valence-corrected chi connectivity index (χ2v) is 10.2. The standard InChI is InChI=1S/C23H22Cl2F2N2O3S/c1-23(12-9-15(24)20(27)16(25)10-12)11-17(29-32-23)21-13-3-2-4-14(13)22(33-21)18(30)5-6-19(31)28-8-7-26/h9-10H,2-8,11H2,1H3,(H,28,31). The first-order chi connectivity index (χ1) is 15.7. The molecule has 1 aromatic heterocycles. The lowest BCUT2D eigenvalue weighted by Crippen LogP contribution is -2.25. The predicted molar refractivity (Wildman–Crippen MR) is 125 cm³/mol. The Bertz CT molecular complexity index is 1130. The number of amides is 1. The van der Waals surface area contributed by atoms with Crippen LogP contribution < -0.4 is 5.32 Å². The Labute approximate surface area is 204 Å². The summed E-state index contributed by atoms with van der Waals surface area (Å²) in [5.74, 6) is -1.11. The van der Waals surface area contributed by atoms with Gasteiger partial charge in [0.1, 0.15) is 12.4 Å². The van der Waals surface area contributed by atoms with Crippen LogP contribution in [0.3, 0.4) is 0 Å². The van der Waals surface area contributed by atoms with Crippen LogP contribution in [0.5, 0.6) is 0 Å². The molecule has 2 heterocycles. The van der Waals surface area contributed by atoms with Gasteiger partial charge in [0.15, 0.2) is 17.2 Å². The molecule has 0 fully saturated rings. The fourth-order valence-corrected chi connectivity index (χ4v) is 6.05. The Morgan fingerprint density at radius 2 is 1.91 bits per heavy atom. The minimum atomic E-state index is -0.871. The van der Waals surface area contributed by atoms with E-state index in [-0.39, 0.29) is 41.1 Å². The molecule has 0 saturated carbocycles. The number of rotatable bonds is 8. The summed E-state index contributed by atoms with van der Waals surface area (Å²) in [5.41, 5.74) is 2.59. The Kier molecular flexibility index (Phi) is 7.07. The summed E-state index contributed by atoms with van der Waals surface area (Å²) in [6.07, 6.45) is 3.09. The molecule has 4 rings (SSSR count). The van der Waals surface area contributed by atoms with Crippen molar-refractivity contribution in [3.05, 3.63) is 54.4 Å². The highest BCUT2D eigenvalue weighted by Crippen LogP contribution is 2.43. The van der Waals surface area contributed by atoms with Crippen molar-refractivity contribution in [2.45, 2.75) is 51.0 Å². The van der Waals surface area contributed by atoms with Crippen LogP contribution in [-0.4, -0.2) is 30.6 Å². The molecule has 2 aromatic rings. The molecule has 176 valence electrons. The summed E-state index contributed by atoms with van der Waals surface area (Å²) in [4.78, 5) is 32.0. The maximum absolute atomic E-state index is 13.9. The van der Waals surface area contributed by atoms with E-state index < -0.39 is 18.1 Å². The topological polar surface area (TPSA) is 67.8 Å². The molecule has 1 N–H and O–H groups in total. The van der Waals surface area contributed by atoms with Gasteiger partial charge in [0.05, 0.1) is 19.8 Å². The number of hydrogen-bond acceptors (Lipinski definition) is 5. The van der Waals surface area contributed by atoms with Crippen LogP contribution in [0.15, 0.2) is 17.3 Å². The second-order valence-electron chi connectivity index (χ2n) is 8.32. The summed E-state index contributed by atoms with van der Waals surface area (Å²) in [5, 5.41) is 6.57. The van der Waals surface area contributed by atoms with Gasteiger partial charge in [0.2, 0.25) is 5.91 Å². The van der Waals surface area contributed by atoms with E-state index in [2.05, 4.69) is 10.5 Å². The lowest BCUT2D eigenvalue weighted by Gasteiger charge is -2.22. The van der Waals surface area contributed by atoms with Crippen LogP contribution in [0, 0.1) is 5.82 Å². The van der Waals surface area contributed by atoms with E-state index in [0.29, 0.717) is 16.9 Å². The van der Waals surface area contributed by atoms with E-state index in [0.717, 1.165) is 41.0 Å². The molecule has 1 aliphatic carbocycles. The summed E-state index contributed by atoms with van der Waals surface area (Å²) in [6, 6.07) is 2.98. The number of ketones is 1. The normalized spacial score (nSPS) is 19.2. The number of benzene rings is 1. The number of nitrogens with one attached hydrogen (secondary N) is 1. The van der Waals surface area contributed by atoms with Gasteiger partial charge in [-0.2, -0.15) is 0 Å². The fraction of sp³-hybridized carbons (Fsp3) is 0.435. The van der Waals surface area contributed by atoms with E-state index in [1.54, 1.807) is 0 Å². The summed E-state index contributed by atoms with van der Waals surface area (Å²) >= 11 is 13.3. The number of oxime groups is 1. The lowest BCUT2D eigenvalue weighted by atomic mass is 9.90. The quantitative estimate of drug-likeness (QED) is 0.359. The number of hydrogen-bond donors (Lipinski definition) is 1. The maximum Gasteiger partial charge on any atom is 0.220 e. The zero-order valence-corrected chi connectivity index (χ0v) is 20.2. The van der Waals surface area contributed by atoms with Crippen LogP contribution in [0.2, 0.25) is 10.0 Å². The van der Waals surface area contributed by atoms with Crippen LogP contribution in [0.4, 0.5) is 8.78 Å². The van der Waals surface area contributed by atoms with Gasteiger partial charge in [-0.3, -0.25) is 9.59 Å². The summed E-state index contributed by atoms with van der Waals surface area (Å²) in [6.45, 7) is 1.15. The Morgan fingerprint density at radius 1 is 1.21 bits per heavy atom. The molecule has 0 saturated heterocycles. The lowest BCUT2D eigenvalue weighted by molar-refractivity contribution is -0.121. The highest BCUT2D eigenvalue weighted by molar-refractivity contribution is 7.16.